The topological polar surface area (TPSA) is 65.7 Å². The first-order chi connectivity index (χ1) is 9.05. The fraction of sp³-hybridized carbons (Fsp3) is 0.538. The van der Waals surface area contributed by atoms with Crippen LogP contribution in [0, 0.1) is 0 Å². The van der Waals surface area contributed by atoms with Crippen molar-refractivity contribution in [2.75, 3.05) is 27.5 Å². The van der Waals surface area contributed by atoms with Gasteiger partial charge in [0.15, 0.2) is 0 Å². The Morgan fingerprint density at radius 3 is 1.84 bits per heavy atom. The number of fused-ring (bicyclic) bond motifs is 2. The molecule has 0 radical (unpaired) electrons. The van der Waals surface area contributed by atoms with Gasteiger partial charge in [-0.05, 0) is 24.5 Å². The maximum absolute atomic E-state index is 5.51. The van der Waals surface area contributed by atoms with Crippen LogP contribution >= 0.6 is 0 Å². The summed E-state index contributed by atoms with van der Waals surface area (Å²) in [6.45, 7) is 1.85. The minimum absolute atomic E-state index is 0.0858. The molecule has 108 valence electrons. The van der Waals surface area contributed by atoms with E-state index in [1.54, 1.807) is 21.3 Å². The van der Waals surface area contributed by atoms with E-state index in [0.29, 0.717) is 6.17 Å². The summed E-state index contributed by atoms with van der Waals surface area (Å²) in [4.78, 5) is 0. The van der Waals surface area contributed by atoms with E-state index in [0.717, 1.165) is 0 Å². The standard InChI is InChI=1S/C7H6.C6H18N2O3Si/c1-2-7-4-3-6(1)5-7;1-6(7)8-5-12(9-2,10-3)11-4/h1-4H,5H2;6,8H,5,7H2,1-4H3. The van der Waals surface area contributed by atoms with Gasteiger partial charge in [-0.1, -0.05) is 24.3 Å². The highest BCUT2D eigenvalue weighted by atomic mass is 28.4. The van der Waals surface area contributed by atoms with E-state index in [1.807, 2.05) is 6.92 Å². The van der Waals surface area contributed by atoms with Crippen LogP contribution in [0.4, 0.5) is 0 Å². The normalized spacial score (nSPS) is 17.7. The molecular formula is C13H24N2O3Si. The lowest BCUT2D eigenvalue weighted by molar-refractivity contribution is 0.121. The predicted molar refractivity (Wildman–Crippen MR) is 78.4 cm³/mol. The van der Waals surface area contributed by atoms with Gasteiger partial charge in [0.25, 0.3) is 0 Å². The monoisotopic (exact) mass is 284 g/mol. The van der Waals surface area contributed by atoms with Crippen LogP contribution in [0.25, 0.3) is 0 Å². The molecule has 1 atom stereocenters. The van der Waals surface area contributed by atoms with E-state index in [9.17, 15) is 0 Å². The molecular weight excluding hydrogens is 260 g/mol. The lowest BCUT2D eigenvalue weighted by atomic mass is 10.3. The van der Waals surface area contributed by atoms with E-state index in [-0.39, 0.29) is 6.17 Å². The SMILES string of the molecule is C1=CC2=CC=C1C2.CO[Si](CNC(C)N)(OC)OC. The quantitative estimate of drug-likeness (QED) is 0.565. The molecule has 0 amide bonds. The molecule has 2 aliphatic rings. The van der Waals surface area contributed by atoms with Gasteiger partial charge < -0.3 is 19.0 Å². The van der Waals surface area contributed by atoms with Crippen LogP contribution < -0.4 is 11.1 Å². The third-order valence-electron chi connectivity index (χ3n) is 3.00. The minimum atomic E-state index is -2.47. The molecule has 2 aliphatic carbocycles. The van der Waals surface area contributed by atoms with Gasteiger partial charge in [-0.15, -0.1) is 0 Å². The van der Waals surface area contributed by atoms with Crippen LogP contribution in [0.1, 0.15) is 13.3 Å². The molecule has 2 rings (SSSR count). The van der Waals surface area contributed by atoms with Crippen molar-refractivity contribution < 1.29 is 13.3 Å². The average Bonchev–Trinajstić information content (AvgIpc) is 3.06. The smallest absolute Gasteiger partial charge is 0.376 e. The van der Waals surface area contributed by atoms with Gasteiger partial charge in [-0.2, -0.15) is 0 Å². The number of hydrogen-bond donors (Lipinski definition) is 2. The lowest BCUT2D eigenvalue weighted by Crippen LogP contribution is -2.55. The summed E-state index contributed by atoms with van der Waals surface area (Å²) in [5, 5.41) is 3.00. The fourth-order valence-electron chi connectivity index (χ4n) is 1.76. The van der Waals surface area contributed by atoms with Crippen molar-refractivity contribution in [2.24, 2.45) is 5.73 Å². The highest BCUT2D eigenvalue weighted by Gasteiger charge is 2.37. The zero-order valence-electron chi connectivity index (χ0n) is 12.1. The van der Waals surface area contributed by atoms with Gasteiger partial charge in [0, 0.05) is 21.3 Å². The molecule has 5 nitrogen and oxygen atoms in total. The summed E-state index contributed by atoms with van der Waals surface area (Å²) in [6, 6.07) is 0. The van der Waals surface area contributed by atoms with E-state index in [1.165, 1.54) is 17.6 Å². The van der Waals surface area contributed by atoms with E-state index in [4.69, 9.17) is 19.0 Å². The average molecular weight is 284 g/mol. The Balaban J connectivity index is 0.000000213. The highest BCUT2D eigenvalue weighted by molar-refractivity contribution is 6.60. The van der Waals surface area contributed by atoms with Crippen molar-refractivity contribution in [3.63, 3.8) is 0 Å². The second kappa shape index (κ2) is 7.74. The molecule has 0 heterocycles. The number of nitrogens with one attached hydrogen (secondary N) is 1. The number of rotatable bonds is 6. The van der Waals surface area contributed by atoms with Gasteiger partial charge in [-0.3, -0.25) is 5.32 Å². The minimum Gasteiger partial charge on any atom is -0.376 e. The molecule has 0 saturated heterocycles. The van der Waals surface area contributed by atoms with E-state index >= 15 is 0 Å². The molecule has 0 spiro atoms. The molecule has 1 unspecified atom stereocenters. The van der Waals surface area contributed by atoms with Gasteiger partial charge >= 0.3 is 8.80 Å². The Bertz CT molecular complexity index is 346. The van der Waals surface area contributed by atoms with Gasteiger partial charge in [0.1, 0.15) is 0 Å². The molecule has 2 bridgehead atoms. The first-order valence-electron chi connectivity index (χ1n) is 6.27. The van der Waals surface area contributed by atoms with Crippen LogP contribution in [-0.4, -0.2) is 42.5 Å². The Morgan fingerprint density at radius 2 is 1.63 bits per heavy atom. The van der Waals surface area contributed by atoms with Crippen molar-refractivity contribution in [1.82, 2.24) is 5.32 Å². The fourth-order valence-corrected chi connectivity index (χ4v) is 3.27. The molecule has 0 aromatic carbocycles. The van der Waals surface area contributed by atoms with Crippen molar-refractivity contribution in [3.05, 3.63) is 35.5 Å². The Hall–Kier alpha value is -0.763. The first kappa shape index (κ1) is 16.3. The highest BCUT2D eigenvalue weighted by Crippen LogP contribution is 2.27. The maximum Gasteiger partial charge on any atom is 0.514 e. The van der Waals surface area contributed by atoms with E-state index < -0.39 is 8.80 Å². The second-order valence-corrected chi connectivity index (χ2v) is 7.40. The largest absolute Gasteiger partial charge is 0.514 e. The molecule has 6 heteroatoms. The van der Waals surface area contributed by atoms with E-state index in [2.05, 4.69) is 29.6 Å². The summed E-state index contributed by atoms with van der Waals surface area (Å²) in [5.41, 5.74) is 8.44. The number of hydrogen-bond acceptors (Lipinski definition) is 5. The molecule has 19 heavy (non-hydrogen) atoms. The van der Waals surface area contributed by atoms with Crippen molar-refractivity contribution >= 4 is 8.80 Å². The zero-order valence-corrected chi connectivity index (χ0v) is 13.1. The molecule has 3 N–H and O–H groups in total. The molecule has 0 aliphatic heterocycles. The lowest BCUT2D eigenvalue weighted by Gasteiger charge is -2.25. The molecule has 0 saturated carbocycles. The number of allylic oxidation sites excluding steroid dienone is 6. The van der Waals surface area contributed by atoms with Crippen LogP contribution in [0.15, 0.2) is 35.5 Å². The summed E-state index contributed by atoms with van der Waals surface area (Å²) in [7, 11) is 2.24. The first-order valence-corrected chi connectivity index (χ1v) is 8.20. The number of nitrogens with two attached hydrogens (primary N) is 1. The van der Waals surface area contributed by atoms with Crippen molar-refractivity contribution in [2.45, 2.75) is 19.5 Å². The van der Waals surface area contributed by atoms with Gasteiger partial charge in [0.05, 0.1) is 12.3 Å². The van der Waals surface area contributed by atoms with Crippen LogP contribution in [0.3, 0.4) is 0 Å². The summed E-state index contributed by atoms with van der Waals surface area (Å²) in [5.74, 6) is 0. The zero-order chi connectivity index (χ0) is 14.3. The summed E-state index contributed by atoms with van der Waals surface area (Å²) >= 11 is 0. The Labute approximate surface area is 116 Å². The third-order valence-corrected chi connectivity index (χ3v) is 5.51. The van der Waals surface area contributed by atoms with Gasteiger partial charge in [0.2, 0.25) is 0 Å². The van der Waals surface area contributed by atoms with Crippen LogP contribution in [0.2, 0.25) is 0 Å². The van der Waals surface area contributed by atoms with Crippen molar-refractivity contribution in [1.29, 1.82) is 0 Å². The second-order valence-electron chi connectivity index (χ2n) is 4.46. The maximum atomic E-state index is 5.51. The Morgan fingerprint density at radius 1 is 1.16 bits per heavy atom. The molecule has 0 fully saturated rings. The van der Waals surface area contributed by atoms with Gasteiger partial charge in [-0.25, -0.2) is 0 Å². The summed E-state index contributed by atoms with van der Waals surface area (Å²) in [6.07, 6.45) is 10.3. The predicted octanol–water partition coefficient (Wildman–Crippen LogP) is 1.11. The third kappa shape index (κ3) is 5.02. The van der Waals surface area contributed by atoms with Crippen molar-refractivity contribution in [3.8, 4) is 0 Å². The molecule has 0 aromatic heterocycles. The van der Waals surface area contributed by atoms with Crippen LogP contribution in [0.5, 0.6) is 0 Å². The Kier molecular flexibility index (Phi) is 6.63. The molecule has 0 aromatic rings. The van der Waals surface area contributed by atoms with Crippen LogP contribution in [-0.2, 0) is 13.3 Å². The summed E-state index contributed by atoms with van der Waals surface area (Å²) < 4.78 is 15.5.